The summed E-state index contributed by atoms with van der Waals surface area (Å²) in [6, 6.07) is 10.9. The number of hydrogen-bond acceptors (Lipinski definition) is 3. The van der Waals surface area contributed by atoms with Gasteiger partial charge in [-0.2, -0.15) is 0 Å². The Morgan fingerprint density at radius 3 is 2.70 bits per heavy atom. The molecule has 1 heterocycles. The molecule has 0 unspecified atom stereocenters. The average Bonchev–Trinajstić information content (AvgIpc) is 2.80. The van der Waals surface area contributed by atoms with E-state index in [1.165, 1.54) is 23.5 Å². The van der Waals surface area contributed by atoms with Gasteiger partial charge in [0.15, 0.2) is 5.13 Å². The van der Waals surface area contributed by atoms with E-state index in [9.17, 15) is 9.18 Å². The predicted molar refractivity (Wildman–Crippen MR) is 79.0 cm³/mol. The number of nitrogens with zero attached hydrogens (tertiary/aromatic N) is 1. The summed E-state index contributed by atoms with van der Waals surface area (Å²) in [5, 5.41) is 3.69. The number of nitrogens with one attached hydrogen (secondary N) is 1. The number of amides is 1. The van der Waals surface area contributed by atoms with E-state index in [0.717, 1.165) is 0 Å². The number of carbonyl (C=O) groups is 1. The van der Waals surface area contributed by atoms with Crippen molar-refractivity contribution in [2.45, 2.75) is 0 Å². The van der Waals surface area contributed by atoms with Gasteiger partial charge >= 0.3 is 0 Å². The summed E-state index contributed by atoms with van der Waals surface area (Å²) < 4.78 is 13.8. The van der Waals surface area contributed by atoms with Gasteiger partial charge in [-0.15, -0.1) is 0 Å². The van der Waals surface area contributed by atoms with Crippen LogP contribution in [0.25, 0.3) is 10.2 Å². The van der Waals surface area contributed by atoms with Crippen LogP contribution in [-0.2, 0) is 0 Å². The molecule has 100 valence electrons. The fraction of sp³-hybridized carbons (Fsp3) is 0. The van der Waals surface area contributed by atoms with Crippen LogP contribution in [-0.4, -0.2) is 10.9 Å². The van der Waals surface area contributed by atoms with Crippen LogP contribution in [0.4, 0.5) is 9.52 Å². The highest BCUT2D eigenvalue weighted by Gasteiger charge is 2.10. The maximum absolute atomic E-state index is 13.1. The molecule has 20 heavy (non-hydrogen) atoms. The quantitative estimate of drug-likeness (QED) is 0.765. The zero-order valence-corrected chi connectivity index (χ0v) is 11.6. The third kappa shape index (κ3) is 2.64. The van der Waals surface area contributed by atoms with Gasteiger partial charge < -0.3 is 0 Å². The monoisotopic (exact) mass is 306 g/mol. The Morgan fingerprint density at radius 1 is 1.20 bits per heavy atom. The van der Waals surface area contributed by atoms with Crippen LogP contribution in [0.5, 0.6) is 0 Å². The topological polar surface area (TPSA) is 42.0 Å². The van der Waals surface area contributed by atoms with E-state index < -0.39 is 0 Å². The molecule has 0 saturated carbocycles. The molecule has 0 fully saturated rings. The van der Waals surface area contributed by atoms with Crippen LogP contribution in [0.15, 0.2) is 42.5 Å². The minimum Gasteiger partial charge on any atom is -0.298 e. The number of halogens is 2. The van der Waals surface area contributed by atoms with Gasteiger partial charge in [-0.1, -0.05) is 22.9 Å². The molecule has 0 radical (unpaired) electrons. The van der Waals surface area contributed by atoms with Crippen LogP contribution in [0.2, 0.25) is 5.02 Å². The van der Waals surface area contributed by atoms with Crippen molar-refractivity contribution in [3.05, 3.63) is 58.9 Å². The second-order valence-corrected chi connectivity index (χ2v) is 5.56. The van der Waals surface area contributed by atoms with Crippen molar-refractivity contribution in [3.63, 3.8) is 0 Å². The predicted octanol–water partition coefficient (Wildman–Crippen LogP) is 4.34. The highest BCUT2D eigenvalue weighted by Crippen LogP contribution is 2.26. The van der Waals surface area contributed by atoms with E-state index in [1.54, 1.807) is 30.3 Å². The Kier molecular flexibility index (Phi) is 3.38. The summed E-state index contributed by atoms with van der Waals surface area (Å²) in [7, 11) is 0. The number of rotatable bonds is 2. The Bertz CT molecular complexity index is 785. The molecule has 1 aromatic heterocycles. The van der Waals surface area contributed by atoms with Gasteiger partial charge in [0.1, 0.15) is 5.82 Å². The lowest BCUT2D eigenvalue weighted by Gasteiger charge is -2.01. The van der Waals surface area contributed by atoms with Gasteiger partial charge in [-0.25, -0.2) is 9.37 Å². The molecule has 1 amide bonds. The molecule has 3 rings (SSSR count). The summed E-state index contributed by atoms with van der Waals surface area (Å²) in [5.74, 6) is -0.599. The highest BCUT2D eigenvalue weighted by atomic mass is 35.5. The number of aromatic nitrogens is 1. The van der Waals surface area contributed by atoms with E-state index in [-0.39, 0.29) is 11.7 Å². The molecule has 0 saturated heterocycles. The van der Waals surface area contributed by atoms with E-state index in [1.807, 2.05) is 0 Å². The van der Waals surface area contributed by atoms with Gasteiger partial charge in [0.05, 0.1) is 10.2 Å². The lowest BCUT2D eigenvalue weighted by Crippen LogP contribution is -2.11. The lowest BCUT2D eigenvalue weighted by atomic mass is 10.2. The summed E-state index contributed by atoms with van der Waals surface area (Å²) in [4.78, 5) is 16.2. The fourth-order valence-corrected chi connectivity index (χ4v) is 2.73. The molecule has 0 aliphatic heterocycles. The molecular weight excluding hydrogens is 299 g/mol. The first-order valence-corrected chi connectivity index (χ1v) is 6.94. The van der Waals surface area contributed by atoms with Crippen molar-refractivity contribution in [2.75, 3.05) is 5.32 Å². The van der Waals surface area contributed by atoms with Crippen molar-refractivity contribution in [1.82, 2.24) is 4.98 Å². The highest BCUT2D eigenvalue weighted by molar-refractivity contribution is 7.22. The Balaban J connectivity index is 1.85. The molecule has 0 bridgehead atoms. The summed E-state index contributed by atoms with van der Waals surface area (Å²) in [6.07, 6.45) is 0. The molecule has 0 aliphatic rings. The van der Waals surface area contributed by atoms with Crippen molar-refractivity contribution in [2.24, 2.45) is 0 Å². The minimum absolute atomic E-state index is 0.277. The van der Waals surface area contributed by atoms with E-state index >= 15 is 0 Å². The van der Waals surface area contributed by atoms with Crippen LogP contribution in [0.1, 0.15) is 10.4 Å². The maximum Gasteiger partial charge on any atom is 0.257 e. The standard InChI is InChI=1S/C14H8ClFN2OS/c15-9-3-1-8(2-4-9)13(19)18-14-17-11-6-5-10(16)7-12(11)20-14/h1-7H,(H,17,18,19). The molecular formula is C14H8ClFN2OS. The summed E-state index contributed by atoms with van der Waals surface area (Å²) in [5.41, 5.74) is 1.14. The Morgan fingerprint density at radius 2 is 1.95 bits per heavy atom. The number of benzene rings is 2. The molecule has 0 spiro atoms. The number of fused-ring (bicyclic) bond motifs is 1. The van der Waals surface area contributed by atoms with E-state index in [2.05, 4.69) is 10.3 Å². The second-order valence-electron chi connectivity index (χ2n) is 4.09. The fourth-order valence-electron chi connectivity index (χ4n) is 1.72. The maximum atomic E-state index is 13.1. The zero-order valence-electron chi connectivity index (χ0n) is 10.1. The number of anilines is 1. The zero-order chi connectivity index (χ0) is 14.1. The first-order valence-electron chi connectivity index (χ1n) is 5.75. The van der Waals surface area contributed by atoms with Crippen molar-refractivity contribution in [3.8, 4) is 0 Å². The first-order chi connectivity index (χ1) is 9.61. The van der Waals surface area contributed by atoms with Gasteiger partial charge in [0, 0.05) is 10.6 Å². The van der Waals surface area contributed by atoms with Crippen molar-refractivity contribution >= 4 is 44.2 Å². The summed E-state index contributed by atoms with van der Waals surface area (Å²) >= 11 is 7.00. The average molecular weight is 307 g/mol. The van der Waals surface area contributed by atoms with Gasteiger partial charge in [0.25, 0.3) is 5.91 Å². The third-order valence-electron chi connectivity index (χ3n) is 2.68. The van der Waals surface area contributed by atoms with Crippen LogP contribution in [0.3, 0.4) is 0 Å². The summed E-state index contributed by atoms with van der Waals surface area (Å²) in [6.45, 7) is 0. The molecule has 1 N–H and O–H groups in total. The van der Waals surface area contributed by atoms with Gasteiger partial charge in [0.2, 0.25) is 0 Å². The SMILES string of the molecule is O=C(Nc1nc2ccc(F)cc2s1)c1ccc(Cl)cc1. The molecule has 0 aliphatic carbocycles. The smallest absolute Gasteiger partial charge is 0.257 e. The lowest BCUT2D eigenvalue weighted by molar-refractivity contribution is 0.102. The Labute approximate surface area is 123 Å². The van der Waals surface area contributed by atoms with Crippen molar-refractivity contribution in [1.29, 1.82) is 0 Å². The van der Waals surface area contributed by atoms with E-state index in [4.69, 9.17) is 11.6 Å². The largest absolute Gasteiger partial charge is 0.298 e. The first kappa shape index (κ1) is 13.0. The molecule has 3 nitrogen and oxygen atoms in total. The third-order valence-corrected chi connectivity index (χ3v) is 3.86. The molecule has 6 heteroatoms. The molecule has 2 aromatic carbocycles. The minimum atomic E-state index is -0.322. The number of thiazole rings is 1. The molecule has 0 atom stereocenters. The Hall–Kier alpha value is -1.98. The van der Waals surface area contributed by atoms with Gasteiger partial charge in [-0.3, -0.25) is 10.1 Å². The number of hydrogen-bond donors (Lipinski definition) is 1. The number of carbonyl (C=O) groups excluding carboxylic acids is 1. The van der Waals surface area contributed by atoms with E-state index in [0.29, 0.717) is 25.9 Å². The van der Waals surface area contributed by atoms with Crippen LogP contribution < -0.4 is 5.32 Å². The second kappa shape index (κ2) is 5.19. The van der Waals surface area contributed by atoms with Gasteiger partial charge in [-0.05, 0) is 42.5 Å². The normalized spacial score (nSPS) is 10.7. The molecule has 3 aromatic rings. The van der Waals surface area contributed by atoms with Crippen LogP contribution in [0, 0.1) is 5.82 Å². The van der Waals surface area contributed by atoms with Crippen molar-refractivity contribution < 1.29 is 9.18 Å². The van der Waals surface area contributed by atoms with Crippen LogP contribution >= 0.6 is 22.9 Å².